The number of nitrogens with one attached hydrogen (secondary N) is 1. The fourth-order valence-corrected chi connectivity index (χ4v) is 2.48. The SMILES string of the molecule is Clc1cccc(Cn2cnc3c2CCNC3)c1. The Hall–Kier alpha value is -1.32. The zero-order valence-electron chi connectivity index (χ0n) is 9.49. The molecule has 0 bridgehead atoms. The third kappa shape index (κ3) is 2.21. The van der Waals surface area contributed by atoms with Gasteiger partial charge >= 0.3 is 0 Å². The first-order valence-electron chi connectivity index (χ1n) is 5.81. The molecule has 0 radical (unpaired) electrons. The van der Waals surface area contributed by atoms with E-state index < -0.39 is 0 Å². The van der Waals surface area contributed by atoms with Crippen LogP contribution in [0.5, 0.6) is 0 Å². The molecule has 1 aromatic heterocycles. The van der Waals surface area contributed by atoms with Crippen molar-refractivity contribution in [2.75, 3.05) is 6.54 Å². The molecule has 1 aromatic carbocycles. The van der Waals surface area contributed by atoms with E-state index in [4.69, 9.17) is 11.6 Å². The Morgan fingerprint density at radius 2 is 2.35 bits per heavy atom. The normalized spacial score (nSPS) is 14.6. The molecule has 1 aliphatic rings. The molecule has 0 atom stereocenters. The molecule has 0 aliphatic carbocycles. The number of hydrogen-bond acceptors (Lipinski definition) is 2. The quantitative estimate of drug-likeness (QED) is 0.882. The lowest BCUT2D eigenvalue weighted by Crippen LogP contribution is -2.25. The Labute approximate surface area is 105 Å². The summed E-state index contributed by atoms with van der Waals surface area (Å²) < 4.78 is 2.22. The van der Waals surface area contributed by atoms with Crippen LogP contribution in [0.25, 0.3) is 0 Å². The molecule has 0 saturated heterocycles. The Balaban J connectivity index is 1.88. The molecule has 1 N–H and O–H groups in total. The molecule has 17 heavy (non-hydrogen) atoms. The molecule has 0 amide bonds. The molecule has 2 aromatic rings. The maximum atomic E-state index is 5.99. The molecule has 3 rings (SSSR count). The third-order valence-electron chi connectivity index (χ3n) is 3.11. The second-order valence-corrected chi connectivity index (χ2v) is 4.76. The van der Waals surface area contributed by atoms with Gasteiger partial charge in [-0.3, -0.25) is 0 Å². The Bertz CT molecular complexity index is 533. The predicted octanol–water partition coefficient (Wildman–Crippen LogP) is 2.23. The summed E-state index contributed by atoms with van der Waals surface area (Å²) in [5.41, 5.74) is 3.75. The van der Waals surface area contributed by atoms with Crippen LogP contribution in [0, 0.1) is 0 Å². The van der Waals surface area contributed by atoms with Gasteiger partial charge in [0.1, 0.15) is 0 Å². The molecule has 2 heterocycles. The largest absolute Gasteiger partial charge is 0.330 e. The molecule has 4 heteroatoms. The molecule has 0 unspecified atom stereocenters. The maximum Gasteiger partial charge on any atom is 0.0955 e. The fourth-order valence-electron chi connectivity index (χ4n) is 2.27. The molecular formula is C13H14ClN3. The van der Waals surface area contributed by atoms with Crippen LogP contribution in [0.2, 0.25) is 5.02 Å². The number of imidazole rings is 1. The number of nitrogens with zero attached hydrogens (tertiary/aromatic N) is 2. The first-order valence-corrected chi connectivity index (χ1v) is 6.19. The lowest BCUT2D eigenvalue weighted by atomic mass is 10.1. The highest BCUT2D eigenvalue weighted by molar-refractivity contribution is 6.30. The van der Waals surface area contributed by atoms with Crippen LogP contribution < -0.4 is 5.32 Å². The van der Waals surface area contributed by atoms with Gasteiger partial charge in [0.25, 0.3) is 0 Å². The third-order valence-corrected chi connectivity index (χ3v) is 3.34. The monoisotopic (exact) mass is 247 g/mol. The van der Waals surface area contributed by atoms with Gasteiger partial charge in [-0.15, -0.1) is 0 Å². The lowest BCUT2D eigenvalue weighted by molar-refractivity contribution is 0.602. The molecule has 3 nitrogen and oxygen atoms in total. The average Bonchev–Trinajstić information content (AvgIpc) is 2.73. The Kier molecular flexibility index (Phi) is 2.87. The molecule has 0 spiro atoms. The van der Waals surface area contributed by atoms with Crippen molar-refractivity contribution in [2.24, 2.45) is 0 Å². The highest BCUT2D eigenvalue weighted by atomic mass is 35.5. The Morgan fingerprint density at radius 1 is 1.41 bits per heavy atom. The fraction of sp³-hybridized carbons (Fsp3) is 0.308. The maximum absolute atomic E-state index is 5.99. The van der Waals surface area contributed by atoms with Crippen molar-refractivity contribution in [1.82, 2.24) is 14.9 Å². The minimum Gasteiger partial charge on any atom is -0.330 e. The van der Waals surface area contributed by atoms with Crippen molar-refractivity contribution in [1.29, 1.82) is 0 Å². The van der Waals surface area contributed by atoms with E-state index in [0.717, 1.165) is 31.1 Å². The number of hydrogen-bond donors (Lipinski definition) is 1. The number of benzene rings is 1. The molecular weight excluding hydrogens is 234 g/mol. The Morgan fingerprint density at radius 3 is 3.24 bits per heavy atom. The van der Waals surface area contributed by atoms with E-state index in [1.54, 1.807) is 0 Å². The standard InChI is InChI=1S/C13H14ClN3/c14-11-3-1-2-10(6-11)8-17-9-16-12-7-15-5-4-13(12)17/h1-3,6,9,15H,4-5,7-8H2. The van der Waals surface area contributed by atoms with Crippen LogP contribution in [0.15, 0.2) is 30.6 Å². The minimum absolute atomic E-state index is 0.790. The summed E-state index contributed by atoms with van der Waals surface area (Å²) in [5.74, 6) is 0. The van der Waals surface area contributed by atoms with Crippen LogP contribution in [0.4, 0.5) is 0 Å². The van der Waals surface area contributed by atoms with Crippen LogP contribution >= 0.6 is 11.6 Å². The summed E-state index contributed by atoms with van der Waals surface area (Å²) in [5, 5.41) is 4.12. The average molecular weight is 248 g/mol. The number of rotatable bonds is 2. The van der Waals surface area contributed by atoms with E-state index >= 15 is 0 Å². The molecule has 88 valence electrons. The summed E-state index contributed by atoms with van der Waals surface area (Å²) in [6.45, 7) is 2.77. The van der Waals surface area contributed by atoms with Crippen molar-refractivity contribution in [3.63, 3.8) is 0 Å². The minimum atomic E-state index is 0.790. The zero-order chi connectivity index (χ0) is 11.7. The van der Waals surface area contributed by atoms with Crippen LogP contribution in [0.1, 0.15) is 17.0 Å². The number of halogens is 1. The smallest absolute Gasteiger partial charge is 0.0955 e. The lowest BCUT2D eigenvalue weighted by Gasteiger charge is -2.15. The molecule has 0 saturated carbocycles. The van der Waals surface area contributed by atoms with Gasteiger partial charge in [-0.1, -0.05) is 23.7 Å². The van der Waals surface area contributed by atoms with E-state index in [9.17, 15) is 0 Å². The molecule has 0 fully saturated rings. The van der Waals surface area contributed by atoms with Gasteiger partial charge in [0.05, 0.1) is 12.0 Å². The van der Waals surface area contributed by atoms with Gasteiger partial charge in [-0.2, -0.15) is 0 Å². The summed E-state index contributed by atoms with van der Waals surface area (Å²) in [7, 11) is 0. The topological polar surface area (TPSA) is 29.9 Å². The van der Waals surface area contributed by atoms with Gasteiger partial charge in [0.2, 0.25) is 0 Å². The van der Waals surface area contributed by atoms with Gasteiger partial charge in [-0.25, -0.2) is 4.98 Å². The van der Waals surface area contributed by atoms with Crippen molar-refractivity contribution in [3.05, 3.63) is 52.6 Å². The van der Waals surface area contributed by atoms with Gasteiger partial charge in [0.15, 0.2) is 0 Å². The highest BCUT2D eigenvalue weighted by Gasteiger charge is 2.14. The van der Waals surface area contributed by atoms with Gasteiger partial charge in [-0.05, 0) is 17.7 Å². The van der Waals surface area contributed by atoms with E-state index in [1.807, 2.05) is 24.5 Å². The van der Waals surface area contributed by atoms with Crippen molar-refractivity contribution in [2.45, 2.75) is 19.5 Å². The summed E-state index contributed by atoms with van der Waals surface area (Å²) in [6.07, 6.45) is 2.98. The zero-order valence-corrected chi connectivity index (χ0v) is 10.2. The predicted molar refractivity (Wildman–Crippen MR) is 68.2 cm³/mol. The number of aromatic nitrogens is 2. The summed E-state index contributed by atoms with van der Waals surface area (Å²) in [6, 6.07) is 8.00. The second kappa shape index (κ2) is 4.51. The van der Waals surface area contributed by atoms with Crippen molar-refractivity contribution >= 4 is 11.6 Å². The van der Waals surface area contributed by atoms with Crippen LogP contribution in [-0.4, -0.2) is 16.1 Å². The van der Waals surface area contributed by atoms with E-state index in [2.05, 4.69) is 20.9 Å². The van der Waals surface area contributed by atoms with Crippen molar-refractivity contribution < 1.29 is 0 Å². The van der Waals surface area contributed by atoms with Gasteiger partial charge < -0.3 is 9.88 Å². The number of fused-ring (bicyclic) bond motifs is 1. The van der Waals surface area contributed by atoms with E-state index in [1.165, 1.54) is 17.0 Å². The summed E-state index contributed by atoms with van der Waals surface area (Å²) in [4.78, 5) is 4.44. The first-order chi connectivity index (χ1) is 8.33. The van der Waals surface area contributed by atoms with E-state index in [-0.39, 0.29) is 0 Å². The van der Waals surface area contributed by atoms with Gasteiger partial charge in [0, 0.05) is 36.8 Å². The molecule has 1 aliphatic heterocycles. The summed E-state index contributed by atoms with van der Waals surface area (Å²) >= 11 is 5.99. The van der Waals surface area contributed by atoms with E-state index in [0.29, 0.717) is 0 Å². The van der Waals surface area contributed by atoms with Crippen molar-refractivity contribution in [3.8, 4) is 0 Å². The van der Waals surface area contributed by atoms with Crippen LogP contribution in [-0.2, 0) is 19.5 Å². The highest BCUT2D eigenvalue weighted by Crippen LogP contribution is 2.16. The van der Waals surface area contributed by atoms with Crippen LogP contribution in [0.3, 0.4) is 0 Å². The second-order valence-electron chi connectivity index (χ2n) is 4.32. The first kappa shape index (κ1) is 10.8.